The molecule has 27 heavy (non-hydrogen) atoms. The molecule has 9 nitrogen and oxygen atoms in total. The molecule has 0 aromatic rings. The zero-order valence-electron chi connectivity index (χ0n) is 16.2. The van der Waals surface area contributed by atoms with Gasteiger partial charge in [0.2, 0.25) is 5.91 Å². The number of hydrogen-bond acceptors (Lipinski definition) is 5. The van der Waals surface area contributed by atoms with E-state index >= 15 is 0 Å². The van der Waals surface area contributed by atoms with Crippen LogP contribution in [-0.2, 0) is 9.53 Å². The summed E-state index contributed by atoms with van der Waals surface area (Å²) >= 11 is 0. The molecule has 1 aliphatic carbocycles. The first kappa shape index (κ1) is 19.7. The van der Waals surface area contributed by atoms with E-state index in [0.29, 0.717) is 19.4 Å². The minimum atomic E-state index is -0.522. The molecule has 3 aliphatic rings. The topological polar surface area (TPSA) is 111 Å². The lowest BCUT2D eigenvalue weighted by molar-refractivity contribution is -0.127. The van der Waals surface area contributed by atoms with Crippen LogP contribution in [0.4, 0.5) is 9.59 Å². The summed E-state index contributed by atoms with van der Waals surface area (Å²) in [4.78, 5) is 38.0. The Kier molecular flexibility index (Phi) is 5.50. The van der Waals surface area contributed by atoms with Crippen molar-refractivity contribution < 1.29 is 24.3 Å². The summed E-state index contributed by atoms with van der Waals surface area (Å²) in [6.45, 7) is 5.88. The van der Waals surface area contributed by atoms with Crippen molar-refractivity contribution in [2.24, 2.45) is 0 Å². The lowest BCUT2D eigenvalue weighted by Gasteiger charge is -2.33. The van der Waals surface area contributed by atoms with Crippen molar-refractivity contribution in [1.29, 1.82) is 0 Å². The van der Waals surface area contributed by atoms with Crippen LogP contribution in [0, 0.1) is 0 Å². The van der Waals surface area contributed by atoms with Gasteiger partial charge >= 0.3 is 12.1 Å². The standard InChI is InChI=1S/C18H30N4O5/c1-18(2,3)27-16(24)20-12-6-4-11(5-7-12)19-15(23)14-9-8-13-10-21(14)17(25)22(13)26/h11-14,26H,4-10H2,1-3H3,(H,19,23)(H,20,24)/t11?,12?,13-,14+/m1/s1. The van der Waals surface area contributed by atoms with E-state index in [1.165, 1.54) is 4.90 Å². The summed E-state index contributed by atoms with van der Waals surface area (Å²) in [5.41, 5.74) is -0.522. The van der Waals surface area contributed by atoms with Crippen molar-refractivity contribution in [3.63, 3.8) is 0 Å². The van der Waals surface area contributed by atoms with Crippen molar-refractivity contribution in [2.45, 2.75) is 89.1 Å². The molecule has 2 saturated heterocycles. The van der Waals surface area contributed by atoms with E-state index < -0.39 is 23.8 Å². The minimum Gasteiger partial charge on any atom is -0.444 e. The van der Waals surface area contributed by atoms with E-state index in [2.05, 4.69) is 10.6 Å². The molecular formula is C18H30N4O5. The van der Waals surface area contributed by atoms with Gasteiger partial charge in [-0.05, 0) is 59.3 Å². The Morgan fingerprint density at radius 1 is 1.04 bits per heavy atom. The van der Waals surface area contributed by atoms with Crippen LogP contribution in [-0.4, -0.2) is 69.5 Å². The molecule has 0 unspecified atom stereocenters. The van der Waals surface area contributed by atoms with Gasteiger partial charge in [0.1, 0.15) is 11.6 Å². The molecule has 0 aromatic heterocycles. The molecule has 2 atom stereocenters. The second-order valence-corrected chi connectivity index (χ2v) is 8.73. The maximum absolute atomic E-state index is 12.6. The van der Waals surface area contributed by atoms with Crippen LogP contribution in [0.1, 0.15) is 59.3 Å². The van der Waals surface area contributed by atoms with Crippen molar-refractivity contribution in [2.75, 3.05) is 6.54 Å². The Morgan fingerprint density at radius 3 is 2.22 bits per heavy atom. The summed E-state index contributed by atoms with van der Waals surface area (Å²) in [6.07, 6.45) is 3.85. The number of nitrogens with zero attached hydrogens (tertiary/aromatic N) is 2. The first-order chi connectivity index (χ1) is 12.6. The van der Waals surface area contributed by atoms with Crippen LogP contribution in [0.5, 0.6) is 0 Å². The number of amides is 4. The molecule has 2 heterocycles. The number of nitrogens with one attached hydrogen (secondary N) is 2. The Balaban J connectivity index is 1.43. The SMILES string of the molecule is CC(C)(C)OC(=O)NC1CCC(NC(=O)[C@@H]2CC[C@@H]3CN2C(=O)N3O)CC1. The van der Waals surface area contributed by atoms with Gasteiger partial charge in [0.05, 0.1) is 6.04 Å². The largest absolute Gasteiger partial charge is 0.444 e. The third kappa shape index (κ3) is 4.63. The summed E-state index contributed by atoms with van der Waals surface area (Å²) in [6, 6.07) is -1.11. The predicted octanol–water partition coefficient (Wildman–Crippen LogP) is 1.60. The fraction of sp³-hybridized carbons (Fsp3) is 0.833. The quantitative estimate of drug-likeness (QED) is 0.642. The number of alkyl carbamates (subject to hydrolysis) is 1. The van der Waals surface area contributed by atoms with Crippen LogP contribution in [0.15, 0.2) is 0 Å². The Bertz CT molecular complexity index is 597. The molecule has 1 saturated carbocycles. The fourth-order valence-electron chi connectivity index (χ4n) is 4.08. The Labute approximate surface area is 159 Å². The number of urea groups is 1. The number of hydroxylamine groups is 2. The normalized spacial score (nSPS) is 30.9. The highest BCUT2D eigenvalue weighted by Gasteiger charge is 2.47. The molecule has 0 spiro atoms. The molecule has 2 aliphatic heterocycles. The molecule has 3 N–H and O–H groups in total. The van der Waals surface area contributed by atoms with Crippen molar-refractivity contribution in [3.8, 4) is 0 Å². The van der Waals surface area contributed by atoms with E-state index in [9.17, 15) is 19.6 Å². The minimum absolute atomic E-state index is 0.0369. The van der Waals surface area contributed by atoms with E-state index in [1.54, 1.807) is 0 Å². The average Bonchev–Trinajstić information content (AvgIpc) is 2.79. The highest BCUT2D eigenvalue weighted by Crippen LogP contribution is 2.29. The lowest BCUT2D eigenvalue weighted by Crippen LogP contribution is -2.53. The molecule has 0 aromatic carbocycles. The first-order valence-electron chi connectivity index (χ1n) is 9.72. The average molecular weight is 382 g/mol. The maximum atomic E-state index is 12.6. The monoisotopic (exact) mass is 382 g/mol. The van der Waals surface area contributed by atoms with E-state index in [0.717, 1.165) is 30.7 Å². The van der Waals surface area contributed by atoms with Crippen molar-refractivity contribution in [1.82, 2.24) is 20.6 Å². The predicted molar refractivity (Wildman–Crippen MR) is 96.1 cm³/mol. The highest BCUT2D eigenvalue weighted by molar-refractivity contribution is 5.88. The van der Waals surface area contributed by atoms with Gasteiger partial charge in [-0.1, -0.05) is 0 Å². The van der Waals surface area contributed by atoms with E-state index in [1.807, 2.05) is 20.8 Å². The third-order valence-corrected chi connectivity index (χ3v) is 5.44. The van der Waals surface area contributed by atoms with Gasteiger partial charge in [-0.2, -0.15) is 0 Å². The zero-order valence-corrected chi connectivity index (χ0v) is 16.2. The first-order valence-corrected chi connectivity index (χ1v) is 9.72. The zero-order chi connectivity index (χ0) is 19.8. The highest BCUT2D eigenvalue weighted by atomic mass is 16.6. The maximum Gasteiger partial charge on any atom is 0.407 e. The Morgan fingerprint density at radius 2 is 1.63 bits per heavy atom. The molecule has 9 heteroatoms. The van der Waals surface area contributed by atoms with Crippen LogP contribution in [0.25, 0.3) is 0 Å². The summed E-state index contributed by atoms with van der Waals surface area (Å²) in [5.74, 6) is -0.152. The fourth-order valence-corrected chi connectivity index (χ4v) is 4.08. The molecule has 0 radical (unpaired) electrons. The molecule has 3 fully saturated rings. The van der Waals surface area contributed by atoms with Gasteiger partial charge in [-0.3, -0.25) is 10.0 Å². The second kappa shape index (κ2) is 7.53. The summed E-state index contributed by atoms with van der Waals surface area (Å²) < 4.78 is 5.28. The van der Waals surface area contributed by atoms with Gasteiger partial charge in [-0.25, -0.2) is 14.7 Å². The van der Waals surface area contributed by atoms with Crippen LogP contribution >= 0.6 is 0 Å². The second-order valence-electron chi connectivity index (χ2n) is 8.73. The number of rotatable bonds is 3. The summed E-state index contributed by atoms with van der Waals surface area (Å²) in [5, 5.41) is 16.4. The molecule has 4 amide bonds. The van der Waals surface area contributed by atoms with Crippen LogP contribution < -0.4 is 10.6 Å². The van der Waals surface area contributed by atoms with Gasteiger partial charge in [0, 0.05) is 18.6 Å². The molecule has 152 valence electrons. The van der Waals surface area contributed by atoms with E-state index in [-0.39, 0.29) is 24.0 Å². The van der Waals surface area contributed by atoms with Crippen LogP contribution in [0.3, 0.4) is 0 Å². The number of hydrogen-bond donors (Lipinski definition) is 3. The number of piperidine rings is 1. The van der Waals surface area contributed by atoms with Gasteiger partial charge < -0.3 is 20.3 Å². The lowest BCUT2D eigenvalue weighted by atomic mass is 9.90. The Hall–Kier alpha value is -2.03. The molecule has 3 rings (SSSR count). The number of fused-ring (bicyclic) bond motifs is 2. The van der Waals surface area contributed by atoms with Gasteiger partial charge in [0.15, 0.2) is 0 Å². The van der Waals surface area contributed by atoms with Crippen LogP contribution in [0.2, 0.25) is 0 Å². The van der Waals surface area contributed by atoms with Crippen molar-refractivity contribution in [3.05, 3.63) is 0 Å². The molecule has 2 bridgehead atoms. The molecular weight excluding hydrogens is 352 g/mol. The number of carbonyl (C=O) groups excluding carboxylic acids is 3. The van der Waals surface area contributed by atoms with Gasteiger partial charge in [0.25, 0.3) is 0 Å². The third-order valence-electron chi connectivity index (χ3n) is 5.44. The van der Waals surface area contributed by atoms with Gasteiger partial charge in [-0.15, -0.1) is 0 Å². The van der Waals surface area contributed by atoms with E-state index in [4.69, 9.17) is 4.74 Å². The number of carbonyl (C=O) groups is 3. The van der Waals surface area contributed by atoms with Crippen molar-refractivity contribution >= 4 is 18.0 Å². The number of ether oxygens (including phenoxy) is 1. The smallest absolute Gasteiger partial charge is 0.407 e. The summed E-state index contributed by atoms with van der Waals surface area (Å²) in [7, 11) is 0.